The van der Waals surface area contributed by atoms with E-state index in [2.05, 4.69) is 15.0 Å². The molecule has 0 bridgehead atoms. The fraction of sp³-hybridized carbons (Fsp3) is 0.357. The third kappa shape index (κ3) is 2.05. The van der Waals surface area contributed by atoms with Crippen molar-refractivity contribution in [2.24, 2.45) is 5.92 Å². The van der Waals surface area contributed by atoms with Gasteiger partial charge in [-0.1, -0.05) is 23.8 Å². The van der Waals surface area contributed by atoms with Crippen LogP contribution in [0.25, 0.3) is 10.9 Å². The molecule has 0 radical (unpaired) electrons. The molecule has 4 rings (SSSR count). The maximum absolute atomic E-state index is 14.1. The molecule has 1 saturated carbocycles. The first kappa shape index (κ1) is 14.1. The third-order valence-corrected chi connectivity index (χ3v) is 4.50. The van der Waals surface area contributed by atoms with Gasteiger partial charge in [-0.15, -0.1) is 0 Å². The molecule has 0 aromatic carbocycles. The van der Waals surface area contributed by atoms with Crippen LogP contribution in [-0.2, 0) is 0 Å². The van der Waals surface area contributed by atoms with Crippen LogP contribution in [0.15, 0.2) is 18.3 Å². The van der Waals surface area contributed by atoms with Crippen LogP contribution in [0, 0.1) is 11.7 Å². The summed E-state index contributed by atoms with van der Waals surface area (Å²) in [4.78, 5) is 13.7. The number of aromatic nitrogens is 3. The van der Waals surface area contributed by atoms with Gasteiger partial charge in [0.25, 0.3) is 0 Å². The Morgan fingerprint density at radius 3 is 2.91 bits per heavy atom. The lowest BCUT2D eigenvalue weighted by atomic mass is 10.2. The fourth-order valence-electron chi connectivity index (χ4n) is 2.95. The smallest absolute Gasteiger partial charge is 0.225 e. The topological polar surface area (TPSA) is 41.9 Å². The number of alkyl halides is 1. The summed E-state index contributed by atoms with van der Waals surface area (Å²) >= 11 is 11.6. The molecule has 3 heterocycles. The van der Waals surface area contributed by atoms with Gasteiger partial charge in [-0.05, 0) is 18.0 Å². The summed E-state index contributed by atoms with van der Waals surface area (Å²) in [5, 5.41) is -0.00190. The zero-order valence-corrected chi connectivity index (χ0v) is 12.7. The molecular formula is C14H10Cl2F2N4. The lowest BCUT2D eigenvalue weighted by Crippen LogP contribution is -2.30. The Labute approximate surface area is 134 Å². The molecule has 0 spiro atoms. The Morgan fingerprint density at radius 1 is 1.27 bits per heavy atom. The molecule has 0 saturated heterocycles. The van der Waals surface area contributed by atoms with Gasteiger partial charge in [-0.2, -0.15) is 4.98 Å². The Hall–Kier alpha value is -1.53. The van der Waals surface area contributed by atoms with E-state index in [4.69, 9.17) is 23.2 Å². The standard InChI is InChI=1S/C14H10Cl2F2N4/c15-12-9(18)10-7(5-19-12)13(21-14(16)20-10)22-4-2-1-3-6-8(17)11(6)22/h1,3,5-6,8,11H,2,4H2/t6-,8-,11-/m1/s1. The van der Waals surface area contributed by atoms with E-state index >= 15 is 0 Å². The van der Waals surface area contributed by atoms with Crippen LogP contribution >= 0.6 is 23.2 Å². The number of pyridine rings is 1. The second kappa shape index (κ2) is 4.99. The fourth-order valence-corrected chi connectivity index (χ4v) is 3.26. The molecule has 3 atom stereocenters. The van der Waals surface area contributed by atoms with E-state index < -0.39 is 12.0 Å². The number of anilines is 1. The molecule has 0 amide bonds. The number of hydrogen-bond acceptors (Lipinski definition) is 4. The van der Waals surface area contributed by atoms with Gasteiger partial charge in [0.05, 0.1) is 11.4 Å². The van der Waals surface area contributed by atoms with Crippen LogP contribution in [0.5, 0.6) is 0 Å². The molecule has 1 fully saturated rings. The summed E-state index contributed by atoms with van der Waals surface area (Å²) in [6.45, 7) is 0.574. The number of halogens is 4. The number of nitrogens with zero attached hydrogens (tertiary/aromatic N) is 4. The predicted molar refractivity (Wildman–Crippen MR) is 80.6 cm³/mol. The predicted octanol–water partition coefficient (Wildman–Crippen LogP) is 3.57. The molecule has 2 aliphatic rings. The molecule has 4 nitrogen and oxygen atoms in total. The second-order valence-electron chi connectivity index (χ2n) is 5.36. The van der Waals surface area contributed by atoms with Crippen LogP contribution in [0.3, 0.4) is 0 Å². The molecule has 22 heavy (non-hydrogen) atoms. The maximum atomic E-state index is 14.1. The quantitative estimate of drug-likeness (QED) is 0.451. The van der Waals surface area contributed by atoms with Crippen LogP contribution in [-0.4, -0.2) is 33.7 Å². The first-order chi connectivity index (χ1) is 10.6. The first-order valence-electron chi connectivity index (χ1n) is 6.82. The van der Waals surface area contributed by atoms with Gasteiger partial charge in [0.2, 0.25) is 5.28 Å². The van der Waals surface area contributed by atoms with Crippen molar-refractivity contribution in [2.75, 3.05) is 11.4 Å². The highest BCUT2D eigenvalue weighted by Crippen LogP contribution is 2.45. The van der Waals surface area contributed by atoms with Crippen molar-refractivity contribution in [1.82, 2.24) is 15.0 Å². The van der Waals surface area contributed by atoms with Gasteiger partial charge in [-0.25, -0.2) is 18.7 Å². The third-order valence-electron chi connectivity index (χ3n) is 4.07. The van der Waals surface area contributed by atoms with Crippen molar-refractivity contribution in [3.8, 4) is 0 Å². The Bertz CT molecular complexity index is 798. The van der Waals surface area contributed by atoms with E-state index in [1.54, 1.807) is 0 Å². The van der Waals surface area contributed by atoms with E-state index in [0.717, 1.165) is 6.42 Å². The summed E-state index contributed by atoms with van der Waals surface area (Å²) in [5.74, 6) is -0.505. The summed E-state index contributed by atoms with van der Waals surface area (Å²) in [6.07, 6.45) is 5.04. The SMILES string of the molecule is Fc1c(Cl)ncc2c(N3CCC=C[C@@H]4[C@@H](F)[C@@H]43)nc(Cl)nc12. The molecular weight excluding hydrogens is 333 g/mol. The van der Waals surface area contributed by atoms with E-state index in [0.29, 0.717) is 17.7 Å². The summed E-state index contributed by atoms with van der Waals surface area (Å²) in [5.41, 5.74) is -0.000172. The van der Waals surface area contributed by atoms with Gasteiger partial charge >= 0.3 is 0 Å². The average Bonchev–Trinajstić information content (AvgIpc) is 3.18. The van der Waals surface area contributed by atoms with Crippen molar-refractivity contribution in [2.45, 2.75) is 18.6 Å². The normalized spacial score (nSPS) is 26.9. The maximum Gasteiger partial charge on any atom is 0.225 e. The number of hydrogen-bond donors (Lipinski definition) is 0. The minimum absolute atomic E-state index is 0.000172. The molecule has 8 heteroatoms. The monoisotopic (exact) mass is 342 g/mol. The zero-order valence-electron chi connectivity index (χ0n) is 11.2. The van der Waals surface area contributed by atoms with Crippen molar-refractivity contribution in [3.63, 3.8) is 0 Å². The minimum atomic E-state index is -0.953. The van der Waals surface area contributed by atoms with Crippen molar-refractivity contribution < 1.29 is 8.78 Å². The Kier molecular flexibility index (Phi) is 3.20. The van der Waals surface area contributed by atoms with Gasteiger partial charge in [0, 0.05) is 18.7 Å². The average molecular weight is 343 g/mol. The van der Waals surface area contributed by atoms with Gasteiger partial charge < -0.3 is 4.90 Å². The van der Waals surface area contributed by atoms with Gasteiger partial charge in [0.1, 0.15) is 17.5 Å². The highest BCUT2D eigenvalue weighted by molar-refractivity contribution is 6.30. The molecule has 2 aromatic heterocycles. The Morgan fingerprint density at radius 2 is 2.09 bits per heavy atom. The van der Waals surface area contributed by atoms with Crippen LogP contribution < -0.4 is 4.90 Å². The lowest BCUT2D eigenvalue weighted by Gasteiger charge is -2.24. The Balaban J connectivity index is 1.90. The highest BCUT2D eigenvalue weighted by atomic mass is 35.5. The van der Waals surface area contributed by atoms with Gasteiger partial charge in [0.15, 0.2) is 11.0 Å². The number of fused-ring (bicyclic) bond motifs is 2. The zero-order chi connectivity index (χ0) is 15.4. The van der Waals surface area contributed by atoms with E-state index in [-0.39, 0.29) is 27.9 Å². The van der Waals surface area contributed by atoms with Gasteiger partial charge in [-0.3, -0.25) is 0 Å². The van der Waals surface area contributed by atoms with Crippen LogP contribution in [0.2, 0.25) is 10.4 Å². The molecule has 114 valence electrons. The number of rotatable bonds is 1. The summed E-state index contributed by atoms with van der Waals surface area (Å²) < 4.78 is 28.1. The first-order valence-corrected chi connectivity index (χ1v) is 7.58. The van der Waals surface area contributed by atoms with Crippen LogP contribution in [0.4, 0.5) is 14.6 Å². The summed E-state index contributed by atoms with van der Waals surface area (Å²) in [7, 11) is 0. The van der Waals surface area contributed by atoms with Crippen molar-refractivity contribution in [3.05, 3.63) is 34.6 Å². The summed E-state index contributed by atoms with van der Waals surface area (Å²) in [6, 6.07) is -0.299. The van der Waals surface area contributed by atoms with Crippen molar-refractivity contribution in [1.29, 1.82) is 0 Å². The molecule has 2 aromatic rings. The van der Waals surface area contributed by atoms with Crippen molar-refractivity contribution >= 4 is 39.9 Å². The molecule has 0 unspecified atom stereocenters. The minimum Gasteiger partial charge on any atom is -0.349 e. The molecule has 0 N–H and O–H groups in total. The lowest BCUT2D eigenvalue weighted by molar-refractivity contribution is 0.448. The van der Waals surface area contributed by atoms with E-state index in [1.807, 2.05) is 17.1 Å². The van der Waals surface area contributed by atoms with E-state index in [9.17, 15) is 8.78 Å². The van der Waals surface area contributed by atoms with E-state index in [1.165, 1.54) is 6.20 Å². The highest BCUT2D eigenvalue weighted by Gasteiger charge is 2.54. The second-order valence-corrected chi connectivity index (χ2v) is 6.06. The molecule has 1 aliphatic heterocycles. The largest absolute Gasteiger partial charge is 0.349 e. The van der Waals surface area contributed by atoms with Crippen LogP contribution in [0.1, 0.15) is 6.42 Å². The molecule has 1 aliphatic carbocycles.